The van der Waals surface area contributed by atoms with Crippen LogP contribution in [0.1, 0.15) is 38.7 Å². The van der Waals surface area contributed by atoms with Gasteiger partial charge in [0, 0.05) is 25.2 Å². The monoisotopic (exact) mass is 288 g/mol. The highest BCUT2D eigenvalue weighted by molar-refractivity contribution is 5.97. The molecular formula is C17H24N2O2. The number of benzene rings is 1. The van der Waals surface area contributed by atoms with E-state index >= 15 is 0 Å². The van der Waals surface area contributed by atoms with Gasteiger partial charge < -0.3 is 10.2 Å². The summed E-state index contributed by atoms with van der Waals surface area (Å²) in [6, 6.07) is 8.00. The minimum Gasteiger partial charge on any atom is -0.342 e. The maximum Gasteiger partial charge on any atom is 0.229 e. The molecule has 1 aliphatic heterocycles. The highest BCUT2D eigenvalue weighted by Gasteiger charge is 2.33. The Kier molecular flexibility index (Phi) is 5.37. The topological polar surface area (TPSA) is 49.4 Å². The molecule has 1 saturated heterocycles. The molecule has 1 N–H and O–H groups in total. The first kappa shape index (κ1) is 15.5. The van der Waals surface area contributed by atoms with Crippen molar-refractivity contribution >= 4 is 17.5 Å². The van der Waals surface area contributed by atoms with Crippen molar-refractivity contribution in [1.82, 2.24) is 4.90 Å². The average molecular weight is 288 g/mol. The molecule has 2 rings (SSSR count). The summed E-state index contributed by atoms with van der Waals surface area (Å²) >= 11 is 0. The molecule has 0 saturated carbocycles. The lowest BCUT2D eigenvalue weighted by Gasteiger charge is -2.13. The van der Waals surface area contributed by atoms with Crippen molar-refractivity contribution < 1.29 is 9.59 Å². The third-order valence-corrected chi connectivity index (χ3v) is 4.01. The Hall–Kier alpha value is -1.84. The molecule has 0 aliphatic carbocycles. The molecular weight excluding hydrogens is 264 g/mol. The first-order valence-electron chi connectivity index (χ1n) is 7.81. The van der Waals surface area contributed by atoms with E-state index in [1.54, 1.807) is 4.90 Å². The van der Waals surface area contributed by atoms with Crippen LogP contribution in [-0.4, -0.2) is 29.8 Å². The summed E-state index contributed by atoms with van der Waals surface area (Å²) in [6.45, 7) is 5.33. The van der Waals surface area contributed by atoms with Crippen LogP contribution in [0.3, 0.4) is 0 Å². The summed E-state index contributed by atoms with van der Waals surface area (Å²) < 4.78 is 0. The maximum atomic E-state index is 12.2. The van der Waals surface area contributed by atoms with Gasteiger partial charge in [0.05, 0.1) is 5.92 Å². The Labute approximate surface area is 126 Å². The summed E-state index contributed by atoms with van der Waals surface area (Å²) in [5.41, 5.74) is 2.10. The highest BCUT2D eigenvalue weighted by Crippen LogP contribution is 2.20. The van der Waals surface area contributed by atoms with Crippen molar-refractivity contribution in [1.29, 1.82) is 0 Å². The van der Waals surface area contributed by atoms with E-state index in [2.05, 4.69) is 24.4 Å². The van der Waals surface area contributed by atoms with Gasteiger partial charge >= 0.3 is 0 Å². The zero-order valence-electron chi connectivity index (χ0n) is 12.9. The fourth-order valence-corrected chi connectivity index (χ4v) is 2.63. The standard InChI is InChI=1S/C17H24N2O2/c1-3-5-6-13-7-9-15(10-8-13)18-17(21)14-11-16(20)19(4-2)12-14/h7-10,14H,3-6,11-12H2,1-2H3,(H,18,21). The highest BCUT2D eigenvalue weighted by atomic mass is 16.2. The normalized spacial score (nSPS) is 18.1. The Balaban J connectivity index is 1.89. The second-order valence-corrected chi connectivity index (χ2v) is 5.62. The van der Waals surface area contributed by atoms with Crippen molar-refractivity contribution in [3.63, 3.8) is 0 Å². The lowest BCUT2D eigenvalue weighted by Crippen LogP contribution is -2.28. The lowest BCUT2D eigenvalue weighted by atomic mass is 10.1. The van der Waals surface area contributed by atoms with Crippen molar-refractivity contribution in [3.8, 4) is 0 Å². The molecule has 1 aromatic carbocycles. The van der Waals surface area contributed by atoms with E-state index in [1.165, 1.54) is 18.4 Å². The Morgan fingerprint density at radius 1 is 1.29 bits per heavy atom. The largest absolute Gasteiger partial charge is 0.342 e. The van der Waals surface area contributed by atoms with Gasteiger partial charge in [-0.15, -0.1) is 0 Å². The Morgan fingerprint density at radius 2 is 2.00 bits per heavy atom. The van der Waals surface area contributed by atoms with Crippen molar-refractivity contribution in [2.75, 3.05) is 18.4 Å². The van der Waals surface area contributed by atoms with Crippen LogP contribution in [-0.2, 0) is 16.0 Å². The summed E-state index contributed by atoms with van der Waals surface area (Å²) in [6.07, 6.45) is 3.77. The van der Waals surface area contributed by atoms with Gasteiger partial charge in [-0.1, -0.05) is 25.5 Å². The second kappa shape index (κ2) is 7.25. The third kappa shape index (κ3) is 4.06. The molecule has 0 radical (unpaired) electrons. The molecule has 21 heavy (non-hydrogen) atoms. The zero-order chi connectivity index (χ0) is 15.2. The molecule has 1 aromatic rings. The van der Waals surface area contributed by atoms with E-state index < -0.39 is 0 Å². The number of aryl methyl sites for hydroxylation is 1. The summed E-state index contributed by atoms with van der Waals surface area (Å²) in [5, 5.41) is 2.91. The number of likely N-dealkylation sites (tertiary alicyclic amines) is 1. The number of unbranched alkanes of at least 4 members (excludes halogenated alkanes) is 1. The zero-order valence-corrected chi connectivity index (χ0v) is 12.9. The molecule has 114 valence electrons. The fraction of sp³-hybridized carbons (Fsp3) is 0.529. The number of hydrogen-bond donors (Lipinski definition) is 1. The van der Waals surface area contributed by atoms with Crippen LogP contribution in [0.25, 0.3) is 0 Å². The molecule has 0 bridgehead atoms. The van der Waals surface area contributed by atoms with Crippen molar-refractivity contribution in [2.24, 2.45) is 5.92 Å². The van der Waals surface area contributed by atoms with E-state index in [1.807, 2.05) is 19.1 Å². The number of hydrogen-bond acceptors (Lipinski definition) is 2. The van der Waals surface area contributed by atoms with E-state index in [0.717, 1.165) is 12.1 Å². The van der Waals surface area contributed by atoms with Crippen LogP contribution >= 0.6 is 0 Å². The summed E-state index contributed by atoms with van der Waals surface area (Å²) in [7, 11) is 0. The number of anilines is 1. The van der Waals surface area contributed by atoms with Gasteiger partial charge in [-0.2, -0.15) is 0 Å². The third-order valence-electron chi connectivity index (χ3n) is 4.01. The second-order valence-electron chi connectivity index (χ2n) is 5.62. The lowest BCUT2D eigenvalue weighted by molar-refractivity contribution is -0.128. The van der Waals surface area contributed by atoms with Crippen LogP contribution in [0.15, 0.2) is 24.3 Å². The number of amides is 2. The molecule has 1 atom stereocenters. The smallest absolute Gasteiger partial charge is 0.229 e. The van der Waals surface area contributed by atoms with E-state index in [-0.39, 0.29) is 17.7 Å². The van der Waals surface area contributed by atoms with Crippen molar-refractivity contribution in [2.45, 2.75) is 39.5 Å². The number of rotatable bonds is 6. The van der Waals surface area contributed by atoms with Gasteiger partial charge in [0.25, 0.3) is 0 Å². The van der Waals surface area contributed by atoms with Crippen LogP contribution in [0, 0.1) is 5.92 Å². The predicted molar refractivity (Wildman–Crippen MR) is 84.0 cm³/mol. The van der Waals surface area contributed by atoms with Gasteiger partial charge in [0.15, 0.2) is 0 Å². The first-order valence-corrected chi connectivity index (χ1v) is 7.81. The minimum atomic E-state index is -0.225. The molecule has 4 nitrogen and oxygen atoms in total. The predicted octanol–water partition coefficient (Wildman–Crippen LogP) is 2.84. The van der Waals surface area contributed by atoms with E-state index in [0.29, 0.717) is 19.5 Å². The number of nitrogens with zero attached hydrogens (tertiary/aromatic N) is 1. The van der Waals surface area contributed by atoms with Crippen LogP contribution < -0.4 is 5.32 Å². The van der Waals surface area contributed by atoms with Gasteiger partial charge in [-0.05, 0) is 37.5 Å². The Bertz CT molecular complexity index is 496. The molecule has 1 unspecified atom stereocenters. The quantitative estimate of drug-likeness (QED) is 0.875. The van der Waals surface area contributed by atoms with E-state index in [4.69, 9.17) is 0 Å². The van der Waals surface area contributed by atoms with Crippen LogP contribution in [0.5, 0.6) is 0 Å². The van der Waals surface area contributed by atoms with Gasteiger partial charge in [0.1, 0.15) is 0 Å². The maximum absolute atomic E-state index is 12.2. The molecule has 1 heterocycles. The van der Waals surface area contributed by atoms with Crippen LogP contribution in [0.4, 0.5) is 5.69 Å². The van der Waals surface area contributed by atoms with E-state index in [9.17, 15) is 9.59 Å². The van der Waals surface area contributed by atoms with Gasteiger partial charge in [0.2, 0.25) is 11.8 Å². The number of nitrogens with one attached hydrogen (secondary N) is 1. The molecule has 1 aliphatic rings. The van der Waals surface area contributed by atoms with Gasteiger partial charge in [-0.25, -0.2) is 0 Å². The summed E-state index contributed by atoms with van der Waals surface area (Å²) in [5.74, 6) is -0.203. The van der Waals surface area contributed by atoms with Gasteiger partial charge in [-0.3, -0.25) is 9.59 Å². The van der Waals surface area contributed by atoms with Crippen LogP contribution in [0.2, 0.25) is 0 Å². The average Bonchev–Trinajstić information content (AvgIpc) is 2.88. The minimum absolute atomic E-state index is 0.0550. The molecule has 0 aromatic heterocycles. The molecule has 0 spiro atoms. The number of carbonyl (C=O) groups excluding carboxylic acids is 2. The SMILES string of the molecule is CCCCc1ccc(NC(=O)C2CC(=O)N(CC)C2)cc1. The Morgan fingerprint density at radius 3 is 2.57 bits per heavy atom. The molecule has 4 heteroatoms. The fourth-order valence-electron chi connectivity index (χ4n) is 2.63. The molecule has 2 amide bonds. The molecule has 1 fully saturated rings. The summed E-state index contributed by atoms with van der Waals surface area (Å²) in [4.78, 5) is 25.6. The first-order chi connectivity index (χ1) is 10.1. The number of carbonyl (C=O) groups is 2. The van der Waals surface area contributed by atoms with Crippen molar-refractivity contribution in [3.05, 3.63) is 29.8 Å².